The highest BCUT2D eigenvalue weighted by atomic mass is 19.1. The Bertz CT molecular complexity index is 1510. The van der Waals surface area contributed by atoms with Crippen molar-refractivity contribution in [3.63, 3.8) is 0 Å². The summed E-state index contributed by atoms with van der Waals surface area (Å²) in [6, 6.07) is 10.4. The highest BCUT2D eigenvalue weighted by Gasteiger charge is 2.56. The minimum Gasteiger partial charge on any atom is -0.369 e. The first-order chi connectivity index (χ1) is 18.5. The fourth-order valence-electron chi connectivity index (χ4n) is 6.34. The van der Waals surface area contributed by atoms with Crippen molar-refractivity contribution in [3.8, 4) is 0 Å². The van der Waals surface area contributed by atoms with Crippen LogP contribution in [0, 0.1) is 41.3 Å². The molecule has 10 heteroatoms. The van der Waals surface area contributed by atoms with E-state index in [1.54, 1.807) is 24.3 Å². The van der Waals surface area contributed by atoms with Gasteiger partial charge in [0.15, 0.2) is 0 Å². The van der Waals surface area contributed by atoms with Crippen LogP contribution in [-0.2, 0) is 13.0 Å². The van der Waals surface area contributed by atoms with E-state index in [-0.39, 0.29) is 29.3 Å². The van der Waals surface area contributed by atoms with Gasteiger partial charge in [0, 0.05) is 12.2 Å². The number of hydrogen-bond acceptors (Lipinski definition) is 5. The number of aryl methyl sites for hydroxylation is 3. The highest BCUT2D eigenvalue weighted by molar-refractivity contribution is 6.04. The maximum absolute atomic E-state index is 14.2. The van der Waals surface area contributed by atoms with Crippen molar-refractivity contribution in [2.75, 3.05) is 5.32 Å². The first-order valence-corrected chi connectivity index (χ1v) is 13.4. The second-order valence-electron chi connectivity index (χ2n) is 11.7. The van der Waals surface area contributed by atoms with Crippen LogP contribution < -0.4 is 22.5 Å². The van der Waals surface area contributed by atoms with Gasteiger partial charge in [0.1, 0.15) is 5.82 Å². The minimum absolute atomic E-state index is 0.0684. The van der Waals surface area contributed by atoms with Crippen LogP contribution in [0.5, 0.6) is 0 Å². The number of fused-ring (bicyclic) bond motifs is 3. The third-order valence-corrected chi connectivity index (χ3v) is 9.00. The number of hydrazine groups is 1. The Morgan fingerprint density at radius 2 is 2.05 bits per heavy atom. The van der Waals surface area contributed by atoms with Gasteiger partial charge in [-0.15, -0.1) is 0 Å². The van der Waals surface area contributed by atoms with Gasteiger partial charge >= 0.3 is 0 Å². The summed E-state index contributed by atoms with van der Waals surface area (Å²) in [4.78, 5) is 22.5. The van der Waals surface area contributed by atoms with E-state index in [4.69, 9.17) is 22.0 Å². The lowest BCUT2D eigenvalue weighted by Gasteiger charge is -2.61. The van der Waals surface area contributed by atoms with Gasteiger partial charge in [-0.2, -0.15) is 0 Å². The zero-order valence-corrected chi connectivity index (χ0v) is 22.9. The van der Waals surface area contributed by atoms with Gasteiger partial charge in [-0.05, 0) is 84.7 Å². The Balaban J connectivity index is 1.37. The van der Waals surface area contributed by atoms with Gasteiger partial charge in [0.05, 0.1) is 23.3 Å². The first kappa shape index (κ1) is 26.8. The number of halogens is 1. The molecule has 3 saturated carbocycles. The standard InChI is InChI=1S/C29H37FN8O/c1-16-5-6-18(23(30)11-16)9-10-37-15-34-25-14-20(7-8-21(25)26(37)39)35-28(38(33)27(31)32)36-24-13-19-12-22(17(24)2)29(19,3)4/h5-8,11,14-15,17,19,22,24H,9-10,12-13,33H2,1-4H3,(H3,31,32)(H,35,36)/t17-,19-,22+,24-/m0/s1. The van der Waals surface area contributed by atoms with Crippen LogP contribution in [0.25, 0.3) is 10.9 Å². The third-order valence-electron chi connectivity index (χ3n) is 9.00. The van der Waals surface area contributed by atoms with Crippen LogP contribution in [0.4, 0.5) is 10.1 Å². The topological polar surface area (TPSA) is 138 Å². The monoisotopic (exact) mass is 532 g/mol. The molecule has 0 amide bonds. The molecule has 0 unspecified atom stereocenters. The summed E-state index contributed by atoms with van der Waals surface area (Å²) in [5.74, 6) is 7.40. The van der Waals surface area contributed by atoms with Crippen LogP contribution in [-0.4, -0.2) is 32.5 Å². The van der Waals surface area contributed by atoms with Crippen LogP contribution in [0.3, 0.4) is 0 Å². The number of nitrogens with one attached hydrogen (secondary N) is 2. The molecule has 2 bridgehead atoms. The number of nitrogens with zero attached hydrogens (tertiary/aromatic N) is 4. The van der Waals surface area contributed by atoms with Crippen LogP contribution in [0.15, 0.2) is 52.5 Å². The summed E-state index contributed by atoms with van der Waals surface area (Å²) in [5, 5.41) is 12.6. The van der Waals surface area contributed by atoms with E-state index >= 15 is 0 Å². The Morgan fingerprint density at radius 1 is 1.28 bits per heavy atom. The van der Waals surface area contributed by atoms with Gasteiger partial charge in [0.25, 0.3) is 5.56 Å². The SMILES string of the molecule is Cc1ccc(CCn2cnc3cc(N/C(=N/[C@H]4C[C@@H]5C[C@H]([C@@H]4C)C5(C)C)N(N)C(=N)N)ccc3c2=O)c(F)c1. The van der Waals surface area contributed by atoms with Gasteiger partial charge < -0.3 is 11.1 Å². The predicted octanol–water partition coefficient (Wildman–Crippen LogP) is 3.99. The number of aromatic nitrogens is 2. The van der Waals surface area contributed by atoms with Crippen molar-refractivity contribution in [2.45, 2.75) is 59.5 Å². The van der Waals surface area contributed by atoms with Gasteiger partial charge in [0.2, 0.25) is 11.9 Å². The molecule has 6 N–H and O–H groups in total. The summed E-state index contributed by atoms with van der Waals surface area (Å²) in [6.45, 7) is 9.07. The van der Waals surface area contributed by atoms with Crippen molar-refractivity contribution in [3.05, 3.63) is 70.0 Å². The molecule has 3 aliphatic rings. The van der Waals surface area contributed by atoms with Crippen LogP contribution >= 0.6 is 0 Å². The van der Waals surface area contributed by atoms with E-state index in [1.165, 1.54) is 23.4 Å². The Kier molecular flexibility index (Phi) is 6.92. The first-order valence-electron chi connectivity index (χ1n) is 13.4. The number of benzene rings is 2. The van der Waals surface area contributed by atoms with E-state index in [2.05, 4.69) is 31.1 Å². The number of hydrogen-bond donors (Lipinski definition) is 4. The van der Waals surface area contributed by atoms with Crippen molar-refractivity contribution < 1.29 is 4.39 Å². The summed E-state index contributed by atoms with van der Waals surface area (Å²) in [6.07, 6.45) is 4.06. The Labute approximate surface area is 227 Å². The molecule has 6 rings (SSSR count). The third kappa shape index (κ3) is 5.01. The number of aliphatic imine (C=N–C) groups is 1. The molecule has 1 aromatic heterocycles. The molecular formula is C29H37FN8O. The molecule has 0 spiro atoms. The minimum atomic E-state index is -0.331. The number of rotatable bonds is 5. The van der Waals surface area contributed by atoms with E-state index < -0.39 is 0 Å². The zero-order valence-electron chi connectivity index (χ0n) is 22.9. The summed E-state index contributed by atoms with van der Waals surface area (Å²) >= 11 is 0. The molecule has 9 nitrogen and oxygen atoms in total. The molecule has 1 heterocycles. The summed E-state index contributed by atoms with van der Waals surface area (Å²) < 4.78 is 15.7. The Hall–Kier alpha value is -3.79. The normalized spacial score (nSPS) is 23.8. The lowest BCUT2D eigenvalue weighted by atomic mass is 9.45. The zero-order chi connectivity index (χ0) is 28.1. The van der Waals surface area contributed by atoms with Gasteiger partial charge in [-0.1, -0.05) is 32.9 Å². The number of guanidine groups is 2. The van der Waals surface area contributed by atoms with Crippen LogP contribution in [0.1, 0.15) is 44.7 Å². The van der Waals surface area contributed by atoms with E-state index in [0.29, 0.717) is 58.3 Å². The average molecular weight is 533 g/mol. The smallest absolute Gasteiger partial charge is 0.261 e. The Morgan fingerprint density at radius 3 is 2.72 bits per heavy atom. The number of anilines is 1. The fraction of sp³-hybridized carbons (Fsp3) is 0.448. The quantitative estimate of drug-likeness (QED) is 0.170. The van der Waals surface area contributed by atoms with Crippen molar-refractivity contribution in [1.82, 2.24) is 14.6 Å². The maximum atomic E-state index is 14.2. The fourth-order valence-corrected chi connectivity index (χ4v) is 6.34. The summed E-state index contributed by atoms with van der Waals surface area (Å²) in [5.41, 5.74) is 8.37. The van der Waals surface area contributed by atoms with E-state index in [0.717, 1.165) is 17.0 Å². The van der Waals surface area contributed by atoms with Crippen LogP contribution in [0.2, 0.25) is 0 Å². The van der Waals surface area contributed by atoms with Crippen molar-refractivity contribution in [1.29, 1.82) is 5.41 Å². The maximum Gasteiger partial charge on any atom is 0.261 e. The lowest BCUT2D eigenvalue weighted by Crippen LogP contribution is -2.57. The number of nitrogens with two attached hydrogens (primary N) is 2. The molecule has 206 valence electrons. The van der Waals surface area contributed by atoms with E-state index in [9.17, 15) is 9.18 Å². The summed E-state index contributed by atoms with van der Waals surface area (Å²) in [7, 11) is 0. The second-order valence-corrected chi connectivity index (χ2v) is 11.7. The molecule has 2 aromatic carbocycles. The largest absolute Gasteiger partial charge is 0.369 e. The second kappa shape index (κ2) is 10.1. The lowest BCUT2D eigenvalue weighted by molar-refractivity contribution is -0.108. The molecule has 3 aliphatic carbocycles. The molecule has 0 radical (unpaired) electrons. The predicted molar refractivity (Wildman–Crippen MR) is 153 cm³/mol. The van der Waals surface area contributed by atoms with Gasteiger partial charge in [-0.25, -0.2) is 25.2 Å². The van der Waals surface area contributed by atoms with Crippen molar-refractivity contribution in [2.24, 2.45) is 39.7 Å². The molecular weight excluding hydrogens is 495 g/mol. The van der Waals surface area contributed by atoms with Crippen molar-refractivity contribution >= 4 is 28.5 Å². The average Bonchev–Trinajstić information content (AvgIpc) is 2.89. The molecule has 4 atom stereocenters. The molecule has 39 heavy (non-hydrogen) atoms. The molecule has 3 fully saturated rings. The molecule has 3 aromatic rings. The molecule has 0 saturated heterocycles. The molecule has 0 aliphatic heterocycles. The van der Waals surface area contributed by atoms with E-state index in [1.807, 2.05) is 13.0 Å². The highest BCUT2D eigenvalue weighted by Crippen LogP contribution is 2.61. The van der Waals surface area contributed by atoms with Gasteiger partial charge in [-0.3, -0.25) is 14.8 Å².